The van der Waals surface area contributed by atoms with Crippen LogP contribution in [0.5, 0.6) is 5.88 Å². The molecule has 0 radical (unpaired) electrons. The summed E-state index contributed by atoms with van der Waals surface area (Å²) in [6, 6.07) is 10.7. The van der Waals surface area contributed by atoms with E-state index in [1.54, 1.807) is 13.3 Å². The Kier molecular flexibility index (Phi) is 4.05. The van der Waals surface area contributed by atoms with Crippen molar-refractivity contribution in [3.05, 3.63) is 53.2 Å². The van der Waals surface area contributed by atoms with Gasteiger partial charge in [-0.15, -0.1) is 0 Å². The number of rotatable bonds is 4. The lowest BCUT2D eigenvalue weighted by molar-refractivity contribution is 0.398. The first-order valence-corrected chi connectivity index (χ1v) is 6.43. The van der Waals surface area contributed by atoms with Crippen LogP contribution in [0, 0.1) is 13.8 Å². The molecule has 3 nitrogen and oxygen atoms in total. The van der Waals surface area contributed by atoms with Crippen LogP contribution in [-0.2, 0) is 0 Å². The van der Waals surface area contributed by atoms with Crippen LogP contribution in [0.4, 0.5) is 5.69 Å². The van der Waals surface area contributed by atoms with Crippen LogP contribution < -0.4 is 10.1 Å². The van der Waals surface area contributed by atoms with Crippen molar-refractivity contribution in [1.29, 1.82) is 0 Å². The molecule has 0 amide bonds. The highest BCUT2D eigenvalue weighted by Gasteiger charge is 2.06. The van der Waals surface area contributed by atoms with Crippen molar-refractivity contribution < 1.29 is 4.74 Å². The normalized spacial score (nSPS) is 12.0. The number of anilines is 1. The maximum atomic E-state index is 5.05. The zero-order valence-electron chi connectivity index (χ0n) is 11.9. The Bertz CT molecular complexity index is 529. The molecule has 1 heterocycles. The molecule has 1 atom stereocenters. The van der Waals surface area contributed by atoms with Crippen molar-refractivity contribution in [1.82, 2.24) is 4.98 Å². The van der Waals surface area contributed by atoms with Gasteiger partial charge in [0.2, 0.25) is 5.88 Å². The minimum absolute atomic E-state index is 0.244. The van der Waals surface area contributed by atoms with E-state index in [1.165, 1.54) is 16.7 Å². The molecule has 1 aromatic carbocycles. The van der Waals surface area contributed by atoms with Gasteiger partial charge in [0.05, 0.1) is 19.0 Å². The molecular weight excluding hydrogens is 236 g/mol. The molecule has 0 bridgehead atoms. The number of nitrogens with zero attached hydrogens (tertiary/aromatic N) is 1. The number of aromatic nitrogens is 1. The van der Waals surface area contributed by atoms with E-state index < -0.39 is 0 Å². The Balaban J connectivity index is 2.13. The highest BCUT2D eigenvalue weighted by Crippen LogP contribution is 2.21. The standard InChI is InChI=1S/C16H20N2O/c1-11-7-12(2)9-14(8-11)13(3)18-15-5-6-16(19-4)17-10-15/h5-10,13,18H,1-4H3. The fourth-order valence-corrected chi connectivity index (χ4v) is 2.18. The van der Waals surface area contributed by atoms with Crippen molar-refractivity contribution in [3.63, 3.8) is 0 Å². The molecule has 1 unspecified atom stereocenters. The van der Waals surface area contributed by atoms with Gasteiger partial charge in [-0.1, -0.05) is 29.3 Å². The molecule has 0 fully saturated rings. The second-order valence-electron chi connectivity index (χ2n) is 4.88. The predicted molar refractivity (Wildman–Crippen MR) is 78.7 cm³/mol. The molecular formula is C16H20N2O. The summed E-state index contributed by atoms with van der Waals surface area (Å²) in [7, 11) is 1.62. The molecule has 1 N–H and O–H groups in total. The average molecular weight is 256 g/mol. The fraction of sp³-hybridized carbons (Fsp3) is 0.312. The number of hydrogen-bond donors (Lipinski definition) is 1. The average Bonchev–Trinajstić information content (AvgIpc) is 2.38. The zero-order chi connectivity index (χ0) is 13.8. The summed E-state index contributed by atoms with van der Waals surface area (Å²) in [5, 5.41) is 3.45. The van der Waals surface area contributed by atoms with Gasteiger partial charge in [-0.3, -0.25) is 0 Å². The molecule has 0 aliphatic heterocycles. The van der Waals surface area contributed by atoms with Gasteiger partial charge in [0.1, 0.15) is 0 Å². The van der Waals surface area contributed by atoms with Gasteiger partial charge < -0.3 is 10.1 Å². The molecule has 2 rings (SSSR count). The van der Waals surface area contributed by atoms with Crippen LogP contribution in [0.15, 0.2) is 36.5 Å². The number of ether oxygens (including phenoxy) is 1. The smallest absolute Gasteiger partial charge is 0.213 e. The maximum absolute atomic E-state index is 5.05. The van der Waals surface area contributed by atoms with E-state index in [0.717, 1.165) is 5.69 Å². The van der Waals surface area contributed by atoms with Gasteiger partial charge in [0.25, 0.3) is 0 Å². The molecule has 100 valence electrons. The third-order valence-corrected chi connectivity index (χ3v) is 3.07. The number of nitrogens with one attached hydrogen (secondary N) is 1. The number of hydrogen-bond acceptors (Lipinski definition) is 3. The molecule has 2 aromatic rings. The van der Waals surface area contributed by atoms with E-state index in [-0.39, 0.29) is 6.04 Å². The van der Waals surface area contributed by atoms with Gasteiger partial charge in [0, 0.05) is 12.1 Å². The second-order valence-corrected chi connectivity index (χ2v) is 4.88. The quantitative estimate of drug-likeness (QED) is 0.901. The van der Waals surface area contributed by atoms with Crippen LogP contribution in [0.3, 0.4) is 0 Å². The van der Waals surface area contributed by atoms with E-state index in [2.05, 4.69) is 49.3 Å². The van der Waals surface area contributed by atoms with Gasteiger partial charge in [-0.2, -0.15) is 0 Å². The predicted octanol–water partition coefficient (Wildman–Crippen LogP) is 3.88. The highest BCUT2D eigenvalue weighted by molar-refractivity contribution is 5.45. The SMILES string of the molecule is COc1ccc(NC(C)c2cc(C)cc(C)c2)cn1. The van der Waals surface area contributed by atoms with Crippen molar-refractivity contribution in [2.75, 3.05) is 12.4 Å². The minimum Gasteiger partial charge on any atom is -0.481 e. The van der Waals surface area contributed by atoms with Crippen LogP contribution in [0.1, 0.15) is 29.7 Å². The lowest BCUT2D eigenvalue weighted by Gasteiger charge is -2.17. The number of pyridine rings is 1. The lowest BCUT2D eigenvalue weighted by Crippen LogP contribution is -2.07. The molecule has 0 saturated carbocycles. The first-order chi connectivity index (χ1) is 9.08. The largest absolute Gasteiger partial charge is 0.481 e. The summed E-state index contributed by atoms with van der Waals surface area (Å²) >= 11 is 0. The minimum atomic E-state index is 0.244. The Morgan fingerprint density at radius 1 is 1.11 bits per heavy atom. The summed E-state index contributed by atoms with van der Waals surface area (Å²) in [4.78, 5) is 4.19. The van der Waals surface area contributed by atoms with Crippen LogP contribution >= 0.6 is 0 Å². The molecule has 19 heavy (non-hydrogen) atoms. The van der Waals surface area contributed by atoms with E-state index >= 15 is 0 Å². The summed E-state index contributed by atoms with van der Waals surface area (Å²) in [5.74, 6) is 0.629. The van der Waals surface area contributed by atoms with Gasteiger partial charge >= 0.3 is 0 Å². The van der Waals surface area contributed by atoms with Crippen LogP contribution in [-0.4, -0.2) is 12.1 Å². The zero-order valence-corrected chi connectivity index (χ0v) is 11.9. The third-order valence-electron chi connectivity index (χ3n) is 3.07. The number of methoxy groups -OCH3 is 1. The van der Waals surface area contributed by atoms with Crippen molar-refractivity contribution >= 4 is 5.69 Å². The van der Waals surface area contributed by atoms with Gasteiger partial charge in [0.15, 0.2) is 0 Å². The monoisotopic (exact) mass is 256 g/mol. The highest BCUT2D eigenvalue weighted by atomic mass is 16.5. The maximum Gasteiger partial charge on any atom is 0.213 e. The first kappa shape index (κ1) is 13.4. The van der Waals surface area contributed by atoms with Crippen LogP contribution in [0.25, 0.3) is 0 Å². The van der Waals surface area contributed by atoms with Crippen molar-refractivity contribution in [2.45, 2.75) is 26.8 Å². The number of aryl methyl sites for hydroxylation is 2. The van der Waals surface area contributed by atoms with Crippen LogP contribution in [0.2, 0.25) is 0 Å². The lowest BCUT2D eigenvalue weighted by atomic mass is 10.0. The summed E-state index contributed by atoms with van der Waals surface area (Å²) < 4.78 is 5.05. The number of benzene rings is 1. The Morgan fingerprint density at radius 2 is 1.79 bits per heavy atom. The molecule has 3 heteroatoms. The third kappa shape index (κ3) is 3.47. The summed E-state index contributed by atoms with van der Waals surface area (Å²) in [6.07, 6.45) is 1.79. The topological polar surface area (TPSA) is 34.1 Å². The molecule has 1 aromatic heterocycles. The molecule has 0 aliphatic carbocycles. The molecule has 0 aliphatic rings. The summed E-state index contributed by atoms with van der Waals surface area (Å²) in [5.41, 5.74) is 4.86. The molecule has 0 spiro atoms. The van der Waals surface area contributed by atoms with Gasteiger partial charge in [-0.05, 0) is 32.4 Å². The molecule has 0 saturated heterocycles. The van der Waals surface area contributed by atoms with Crippen molar-refractivity contribution in [3.8, 4) is 5.88 Å². The van der Waals surface area contributed by atoms with E-state index in [0.29, 0.717) is 5.88 Å². The first-order valence-electron chi connectivity index (χ1n) is 6.43. The Morgan fingerprint density at radius 3 is 2.32 bits per heavy atom. The van der Waals surface area contributed by atoms with E-state index in [9.17, 15) is 0 Å². The van der Waals surface area contributed by atoms with E-state index in [4.69, 9.17) is 4.74 Å². The van der Waals surface area contributed by atoms with E-state index in [1.807, 2.05) is 12.1 Å². The summed E-state index contributed by atoms with van der Waals surface area (Å²) in [6.45, 7) is 6.40. The Hall–Kier alpha value is -2.03. The second kappa shape index (κ2) is 5.74. The fourth-order valence-electron chi connectivity index (χ4n) is 2.18. The van der Waals surface area contributed by atoms with Crippen molar-refractivity contribution in [2.24, 2.45) is 0 Å². The Labute approximate surface area is 114 Å². The van der Waals surface area contributed by atoms with Gasteiger partial charge in [-0.25, -0.2) is 4.98 Å².